The standard InChI is InChI=1S/C31H31N5O4/c32-18-24-15-22(3-6-29(24)40-26-7-9-36(10-8-26)30(38)19-37)31-27-16-23(17-28(27)33-20-34-31)21-1-4-25(5-2-21)35-11-13-39-14-12-35/h1-6,15-16,20,26,37H,7-14,17,19H2. The zero-order valence-electron chi connectivity index (χ0n) is 22.3. The molecule has 3 aliphatic rings. The minimum Gasteiger partial charge on any atom is -0.489 e. The van der Waals surface area contributed by atoms with Crippen molar-refractivity contribution < 1.29 is 19.4 Å². The molecule has 2 fully saturated rings. The summed E-state index contributed by atoms with van der Waals surface area (Å²) in [5, 5.41) is 19.0. The van der Waals surface area contributed by atoms with Crippen molar-refractivity contribution in [3.63, 3.8) is 0 Å². The van der Waals surface area contributed by atoms with Gasteiger partial charge in [0.25, 0.3) is 0 Å². The molecule has 0 radical (unpaired) electrons. The molecule has 2 aliphatic heterocycles. The van der Waals surface area contributed by atoms with E-state index in [1.165, 1.54) is 11.3 Å². The maximum absolute atomic E-state index is 11.7. The minimum absolute atomic E-state index is 0.0934. The second kappa shape index (κ2) is 11.5. The first-order valence-corrected chi connectivity index (χ1v) is 13.7. The van der Waals surface area contributed by atoms with Crippen molar-refractivity contribution in [2.75, 3.05) is 50.9 Å². The van der Waals surface area contributed by atoms with E-state index in [1.807, 2.05) is 18.2 Å². The molecule has 0 atom stereocenters. The van der Waals surface area contributed by atoms with Gasteiger partial charge in [0, 0.05) is 62.3 Å². The Morgan fingerprint density at radius 3 is 2.52 bits per heavy atom. The second-order valence-electron chi connectivity index (χ2n) is 10.3. The first-order valence-electron chi connectivity index (χ1n) is 13.7. The number of nitrogens with zero attached hydrogens (tertiary/aromatic N) is 5. The number of anilines is 1. The average Bonchev–Trinajstić information content (AvgIpc) is 3.46. The summed E-state index contributed by atoms with van der Waals surface area (Å²) in [6.07, 6.45) is 5.68. The lowest BCUT2D eigenvalue weighted by Gasteiger charge is -2.32. The van der Waals surface area contributed by atoms with Crippen LogP contribution in [0.5, 0.6) is 5.75 Å². The molecule has 0 saturated carbocycles. The molecule has 0 spiro atoms. The molecule has 9 heteroatoms. The van der Waals surface area contributed by atoms with E-state index in [1.54, 1.807) is 11.2 Å². The van der Waals surface area contributed by atoms with Crippen molar-refractivity contribution in [2.24, 2.45) is 0 Å². The summed E-state index contributed by atoms with van der Waals surface area (Å²) >= 11 is 0. The van der Waals surface area contributed by atoms with E-state index < -0.39 is 6.61 Å². The molecule has 1 amide bonds. The van der Waals surface area contributed by atoms with Gasteiger partial charge in [0.05, 0.1) is 30.2 Å². The van der Waals surface area contributed by atoms with Crippen LogP contribution in [-0.4, -0.2) is 78.0 Å². The number of carbonyl (C=O) groups is 1. The lowest BCUT2D eigenvalue weighted by atomic mass is 10.0. The Balaban J connectivity index is 1.19. The maximum Gasteiger partial charge on any atom is 0.248 e. The Hall–Kier alpha value is -4.26. The number of nitriles is 1. The lowest BCUT2D eigenvalue weighted by molar-refractivity contribution is -0.135. The van der Waals surface area contributed by atoms with Gasteiger partial charge in [-0.3, -0.25) is 4.79 Å². The minimum atomic E-state index is -0.476. The van der Waals surface area contributed by atoms with Gasteiger partial charge in [-0.05, 0) is 47.5 Å². The van der Waals surface area contributed by atoms with Crippen LogP contribution in [0.3, 0.4) is 0 Å². The highest BCUT2D eigenvalue weighted by Crippen LogP contribution is 2.37. The van der Waals surface area contributed by atoms with Gasteiger partial charge in [0.15, 0.2) is 0 Å². The van der Waals surface area contributed by atoms with Crippen molar-refractivity contribution in [1.82, 2.24) is 14.9 Å². The Morgan fingerprint density at radius 2 is 1.80 bits per heavy atom. The number of ether oxygens (including phenoxy) is 2. The molecule has 1 aliphatic carbocycles. The lowest BCUT2D eigenvalue weighted by Crippen LogP contribution is -2.42. The van der Waals surface area contributed by atoms with Crippen LogP contribution >= 0.6 is 0 Å². The molecule has 3 heterocycles. The highest BCUT2D eigenvalue weighted by molar-refractivity contribution is 5.92. The summed E-state index contributed by atoms with van der Waals surface area (Å²) in [6.45, 7) is 3.92. The van der Waals surface area contributed by atoms with Crippen LogP contribution in [0.15, 0.2) is 48.8 Å². The van der Waals surface area contributed by atoms with Crippen molar-refractivity contribution in [3.05, 3.63) is 71.2 Å². The third-order valence-corrected chi connectivity index (χ3v) is 7.85. The second-order valence-corrected chi connectivity index (χ2v) is 10.3. The molecule has 0 bridgehead atoms. The summed E-state index contributed by atoms with van der Waals surface area (Å²) in [6, 6.07) is 16.5. The van der Waals surface area contributed by atoms with Crippen LogP contribution in [0.1, 0.15) is 35.2 Å². The molecular weight excluding hydrogens is 506 g/mol. The van der Waals surface area contributed by atoms with E-state index in [0.29, 0.717) is 37.2 Å². The number of hydrogen-bond acceptors (Lipinski definition) is 8. The number of piperidine rings is 1. The quantitative estimate of drug-likeness (QED) is 0.510. The molecule has 6 rings (SSSR count). The van der Waals surface area contributed by atoms with Crippen LogP contribution in [0.25, 0.3) is 22.9 Å². The molecule has 3 aromatic rings. The van der Waals surface area contributed by atoms with Crippen LogP contribution in [0.4, 0.5) is 5.69 Å². The highest BCUT2D eigenvalue weighted by Gasteiger charge is 2.25. The molecular formula is C31H31N5O4. The zero-order chi connectivity index (χ0) is 27.5. The number of benzene rings is 2. The number of carbonyl (C=O) groups excluding carboxylic acids is 1. The van der Waals surface area contributed by atoms with Gasteiger partial charge in [0.2, 0.25) is 5.91 Å². The van der Waals surface area contributed by atoms with E-state index in [2.05, 4.69) is 51.3 Å². The Labute approximate surface area is 233 Å². The van der Waals surface area contributed by atoms with Gasteiger partial charge < -0.3 is 24.4 Å². The van der Waals surface area contributed by atoms with Gasteiger partial charge >= 0.3 is 0 Å². The smallest absolute Gasteiger partial charge is 0.248 e. The summed E-state index contributed by atoms with van der Waals surface area (Å²) in [5.74, 6) is 0.264. The van der Waals surface area contributed by atoms with Crippen molar-refractivity contribution in [1.29, 1.82) is 5.26 Å². The average molecular weight is 538 g/mol. The molecule has 40 heavy (non-hydrogen) atoms. The fraction of sp³-hybridized carbons (Fsp3) is 0.355. The van der Waals surface area contributed by atoms with Gasteiger partial charge in [0.1, 0.15) is 30.9 Å². The molecule has 2 saturated heterocycles. The third-order valence-electron chi connectivity index (χ3n) is 7.85. The number of hydrogen-bond donors (Lipinski definition) is 1. The summed E-state index contributed by atoms with van der Waals surface area (Å²) < 4.78 is 11.6. The largest absolute Gasteiger partial charge is 0.489 e. The number of aromatic nitrogens is 2. The summed E-state index contributed by atoms with van der Waals surface area (Å²) in [5.41, 5.74) is 7.59. The highest BCUT2D eigenvalue weighted by atomic mass is 16.5. The predicted molar refractivity (Wildman–Crippen MR) is 151 cm³/mol. The van der Waals surface area contributed by atoms with Crippen LogP contribution in [-0.2, 0) is 16.0 Å². The third kappa shape index (κ3) is 5.28. The Morgan fingerprint density at radius 1 is 1.05 bits per heavy atom. The van der Waals surface area contributed by atoms with Crippen LogP contribution < -0.4 is 9.64 Å². The maximum atomic E-state index is 11.7. The van der Waals surface area contributed by atoms with Crippen LogP contribution in [0.2, 0.25) is 0 Å². The first-order chi connectivity index (χ1) is 19.6. The number of morpholine rings is 1. The van der Waals surface area contributed by atoms with E-state index >= 15 is 0 Å². The van der Waals surface area contributed by atoms with E-state index in [-0.39, 0.29) is 12.0 Å². The zero-order valence-corrected chi connectivity index (χ0v) is 22.3. The number of likely N-dealkylation sites (tertiary alicyclic amines) is 1. The van der Waals surface area contributed by atoms with E-state index in [4.69, 9.17) is 14.6 Å². The number of amides is 1. The predicted octanol–water partition coefficient (Wildman–Crippen LogP) is 3.31. The summed E-state index contributed by atoms with van der Waals surface area (Å²) in [7, 11) is 0. The van der Waals surface area contributed by atoms with Crippen LogP contribution in [0, 0.1) is 11.3 Å². The fourth-order valence-electron chi connectivity index (χ4n) is 5.62. The number of fused-ring (bicyclic) bond motifs is 1. The SMILES string of the molecule is N#Cc1cc(-c2ncnc3c2C=C(c2ccc(N4CCOCC4)cc2)C3)ccc1OC1CCN(C(=O)CO)CC1. The summed E-state index contributed by atoms with van der Waals surface area (Å²) in [4.78, 5) is 24.9. The molecule has 204 valence electrons. The van der Waals surface area contributed by atoms with Gasteiger partial charge in [-0.2, -0.15) is 5.26 Å². The van der Waals surface area contributed by atoms with Gasteiger partial charge in [-0.25, -0.2) is 9.97 Å². The Bertz CT molecular complexity index is 1470. The van der Waals surface area contributed by atoms with Gasteiger partial charge in [-0.1, -0.05) is 12.1 Å². The van der Waals surface area contributed by atoms with Crippen molar-refractivity contribution >= 4 is 23.2 Å². The normalized spacial score (nSPS) is 17.2. The van der Waals surface area contributed by atoms with Gasteiger partial charge in [-0.15, -0.1) is 0 Å². The fourth-order valence-corrected chi connectivity index (χ4v) is 5.62. The molecule has 0 unspecified atom stereocenters. The van der Waals surface area contributed by atoms with Crippen molar-refractivity contribution in [3.8, 4) is 23.1 Å². The van der Waals surface area contributed by atoms with Crippen molar-refractivity contribution in [2.45, 2.75) is 25.4 Å². The molecule has 1 N–H and O–H groups in total. The number of allylic oxidation sites excluding steroid dienone is 1. The number of aliphatic hydroxyl groups is 1. The first kappa shape index (κ1) is 26.0. The number of rotatable bonds is 6. The topological polar surface area (TPSA) is 112 Å². The molecule has 2 aromatic carbocycles. The molecule has 9 nitrogen and oxygen atoms in total. The monoisotopic (exact) mass is 537 g/mol. The van der Waals surface area contributed by atoms with E-state index in [0.717, 1.165) is 60.8 Å². The Kier molecular flexibility index (Phi) is 7.45. The number of aliphatic hydroxyl groups excluding tert-OH is 1. The van der Waals surface area contributed by atoms with E-state index in [9.17, 15) is 10.1 Å². The molecule has 1 aromatic heterocycles.